The Labute approximate surface area is 149 Å². The minimum absolute atomic E-state index is 0. The Morgan fingerprint density at radius 2 is 1.71 bits per heavy atom. The van der Waals surface area contributed by atoms with E-state index in [9.17, 15) is 0 Å². The van der Waals surface area contributed by atoms with Gasteiger partial charge in [-0.2, -0.15) is 4.68 Å². The molecule has 2 aliphatic carbocycles. The number of nitrogens with zero attached hydrogens (tertiary/aromatic N) is 4. The predicted molar refractivity (Wildman–Crippen MR) is 96.8 cm³/mol. The molecule has 0 spiro atoms. The summed E-state index contributed by atoms with van der Waals surface area (Å²) in [5, 5.41) is 4.87. The highest BCUT2D eigenvalue weighted by atomic mass is 35.5. The molecule has 2 fully saturated rings. The maximum Gasteiger partial charge on any atom is 0.155 e. The lowest BCUT2D eigenvalue weighted by Crippen LogP contribution is -2.26. The Morgan fingerprint density at radius 3 is 2.38 bits per heavy atom. The lowest BCUT2D eigenvalue weighted by molar-refractivity contribution is 0.380. The number of hydrogen-bond donors (Lipinski definition) is 1. The molecule has 2 aliphatic rings. The number of hydrogen-bond acceptors (Lipinski definition) is 4. The highest BCUT2D eigenvalue weighted by Crippen LogP contribution is 2.36. The van der Waals surface area contributed by atoms with Crippen LogP contribution in [0.1, 0.15) is 74.9 Å². The van der Waals surface area contributed by atoms with Crippen LogP contribution in [0.25, 0.3) is 5.82 Å². The van der Waals surface area contributed by atoms with E-state index in [0.717, 1.165) is 43.1 Å². The highest BCUT2D eigenvalue weighted by molar-refractivity contribution is 5.85. The Hall–Kier alpha value is -1.46. The van der Waals surface area contributed by atoms with Crippen LogP contribution in [0.2, 0.25) is 0 Å². The van der Waals surface area contributed by atoms with Crippen molar-refractivity contribution in [1.29, 1.82) is 0 Å². The molecule has 4 rings (SSSR count). The van der Waals surface area contributed by atoms with E-state index in [2.05, 4.69) is 4.98 Å². The van der Waals surface area contributed by atoms with Gasteiger partial charge in [0.1, 0.15) is 5.82 Å². The molecule has 0 unspecified atom stereocenters. The van der Waals surface area contributed by atoms with E-state index in [1.54, 1.807) is 0 Å². The molecule has 0 aliphatic heterocycles. The lowest BCUT2D eigenvalue weighted by atomic mass is 9.86. The van der Waals surface area contributed by atoms with Gasteiger partial charge in [-0.05, 0) is 50.7 Å². The summed E-state index contributed by atoms with van der Waals surface area (Å²) < 4.78 is 2.00. The van der Waals surface area contributed by atoms with Gasteiger partial charge in [-0.15, -0.1) is 17.5 Å². The summed E-state index contributed by atoms with van der Waals surface area (Å²) in [6, 6.07) is 6.33. The first-order valence-electron chi connectivity index (χ1n) is 8.95. The maximum absolute atomic E-state index is 6.07. The van der Waals surface area contributed by atoms with Crippen LogP contribution < -0.4 is 5.73 Å². The van der Waals surface area contributed by atoms with Crippen molar-refractivity contribution in [2.75, 3.05) is 0 Å². The molecular weight excluding hydrogens is 322 g/mol. The van der Waals surface area contributed by atoms with Gasteiger partial charge in [-0.3, -0.25) is 0 Å². The molecule has 0 bridgehead atoms. The van der Waals surface area contributed by atoms with Crippen molar-refractivity contribution < 1.29 is 0 Å². The third-order valence-electron chi connectivity index (χ3n) is 5.37. The van der Waals surface area contributed by atoms with Gasteiger partial charge in [0, 0.05) is 24.1 Å². The third kappa shape index (κ3) is 3.47. The quantitative estimate of drug-likeness (QED) is 0.918. The minimum atomic E-state index is 0. The molecule has 0 amide bonds. The van der Waals surface area contributed by atoms with Gasteiger partial charge in [0.2, 0.25) is 0 Å². The Kier molecular flexibility index (Phi) is 5.51. The molecule has 5 nitrogen and oxygen atoms in total. The predicted octanol–water partition coefficient (Wildman–Crippen LogP) is 3.73. The number of pyridine rings is 1. The van der Waals surface area contributed by atoms with Crippen LogP contribution >= 0.6 is 12.4 Å². The molecular formula is C18H26ClN5. The molecule has 6 heteroatoms. The van der Waals surface area contributed by atoms with Gasteiger partial charge in [0.15, 0.2) is 11.6 Å². The van der Waals surface area contributed by atoms with Gasteiger partial charge in [-0.25, -0.2) is 9.97 Å². The summed E-state index contributed by atoms with van der Waals surface area (Å²) in [4.78, 5) is 9.48. The molecule has 24 heavy (non-hydrogen) atoms. The van der Waals surface area contributed by atoms with Crippen molar-refractivity contribution in [2.45, 2.75) is 69.2 Å². The van der Waals surface area contributed by atoms with Crippen molar-refractivity contribution in [3.63, 3.8) is 0 Å². The van der Waals surface area contributed by atoms with Crippen molar-refractivity contribution in [1.82, 2.24) is 19.7 Å². The molecule has 130 valence electrons. The fourth-order valence-corrected chi connectivity index (χ4v) is 3.99. The fraction of sp³-hybridized carbons (Fsp3) is 0.611. The van der Waals surface area contributed by atoms with E-state index in [-0.39, 0.29) is 12.4 Å². The molecule has 2 aromatic rings. The summed E-state index contributed by atoms with van der Waals surface area (Å²) >= 11 is 0. The zero-order chi connectivity index (χ0) is 15.6. The monoisotopic (exact) mass is 347 g/mol. The van der Waals surface area contributed by atoms with Crippen LogP contribution in [0, 0.1) is 0 Å². The van der Waals surface area contributed by atoms with E-state index in [1.807, 2.05) is 29.1 Å². The minimum Gasteiger partial charge on any atom is -0.328 e. The van der Waals surface area contributed by atoms with Crippen LogP contribution in [0.4, 0.5) is 0 Å². The fourth-order valence-electron chi connectivity index (χ4n) is 3.99. The van der Waals surface area contributed by atoms with Crippen molar-refractivity contribution in [2.24, 2.45) is 5.73 Å². The largest absolute Gasteiger partial charge is 0.328 e. The van der Waals surface area contributed by atoms with Crippen molar-refractivity contribution in [3.8, 4) is 5.82 Å². The second-order valence-electron chi connectivity index (χ2n) is 7.02. The van der Waals surface area contributed by atoms with Crippen LogP contribution in [0.15, 0.2) is 24.4 Å². The van der Waals surface area contributed by atoms with Crippen LogP contribution in [0.5, 0.6) is 0 Å². The van der Waals surface area contributed by atoms with E-state index in [1.165, 1.54) is 25.7 Å². The second kappa shape index (κ2) is 7.62. The Bertz CT molecular complexity index is 643. The van der Waals surface area contributed by atoms with Crippen molar-refractivity contribution >= 4 is 12.4 Å². The first kappa shape index (κ1) is 17.4. The molecule has 2 saturated carbocycles. The average Bonchev–Trinajstić information content (AvgIpc) is 3.26. The third-order valence-corrected chi connectivity index (χ3v) is 5.37. The summed E-state index contributed by atoms with van der Waals surface area (Å²) in [6.45, 7) is 0. The van der Waals surface area contributed by atoms with E-state index in [0.29, 0.717) is 17.9 Å². The number of rotatable bonds is 3. The van der Waals surface area contributed by atoms with Crippen LogP contribution in [-0.4, -0.2) is 25.8 Å². The number of nitrogens with two attached hydrogens (primary N) is 1. The molecule has 2 heterocycles. The van der Waals surface area contributed by atoms with Gasteiger partial charge < -0.3 is 5.73 Å². The Balaban J connectivity index is 0.00000169. The van der Waals surface area contributed by atoms with E-state index < -0.39 is 0 Å². The first-order chi connectivity index (χ1) is 11.3. The average molecular weight is 348 g/mol. The second-order valence-corrected chi connectivity index (χ2v) is 7.02. The smallest absolute Gasteiger partial charge is 0.155 e. The first-order valence-corrected chi connectivity index (χ1v) is 8.95. The summed E-state index contributed by atoms with van der Waals surface area (Å²) in [7, 11) is 0. The molecule has 2 N–H and O–H groups in total. The number of halogens is 1. The normalized spacial score (nSPS) is 24.7. The molecule has 0 saturated heterocycles. The summed E-state index contributed by atoms with van der Waals surface area (Å²) in [6.07, 6.45) is 11.3. The zero-order valence-electron chi connectivity index (χ0n) is 14.0. The molecule has 2 aromatic heterocycles. The van der Waals surface area contributed by atoms with Crippen LogP contribution in [0.3, 0.4) is 0 Å². The van der Waals surface area contributed by atoms with E-state index in [4.69, 9.17) is 15.8 Å². The standard InChI is InChI=1S/C18H25N5.ClH/c19-15-10-8-14(9-11-15)18-21-17(13-5-1-2-6-13)22-23(18)16-7-3-4-12-20-16;/h3-4,7,12-15H,1-2,5-6,8-11,19H2;1H. The lowest BCUT2D eigenvalue weighted by Gasteiger charge is -2.25. The van der Waals surface area contributed by atoms with Crippen LogP contribution in [-0.2, 0) is 0 Å². The number of aromatic nitrogens is 4. The topological polar surface area (TPSA) is 69.6 Å². The maximum atomic E-state index is 6.07. The highest BCUT2D eigenvalue weighted by Gasteiger charge is 2.29. The summed E-state index contributed by atoms with van der Waals surface area (Å²) in [5.41, 5.74) is 6.07. The van der Waals surface area contributed by atoms with Gasteiger partial charge >= 0.3 is 0 Å². The summed E-state index contributed by atoms with van der Waals surface area (Å²) in [5.74, 6) is 3.99. The van der Waals surface area contributed by atoms with Gasteiger partial charge in [0.25, 0.3) is 0 Å². The van der Waals surface area contributed by atoms with E-state index >= 15 is 0 Å². The molecule has 0 atom stereocenters. The Morgan fingerprint density at radius 1 is 0.958 bits per heavy atom. The van der Waals surface area contributed by atoms with Gasteiger partial charge in [0.05, 0.1) is 0 Å². The SMILES string of the molecule is Cl.NC1CCC(c2nc(C3CCCC3)nn2-c2ccccn2)CC1. The molecule has 0 radical (unpaired) electrons. The zero-order valence-corrected chi connectivity index (χ0v) is 14.8. The van der Waals surface area contributed by atoms with Crippen molar-refractivity contribution in [3.05, 3.63) is 36.0 Å². The van der Waals surface area contributed by atoms with Gasteiger partial charge in [-0.1, -0.05) is 18.9 Å². The molecule has 0 aromatic carbocycles.